The van der Waals surface area contributed by atoms with Crippen LogP contribution in [-0.2, 0) is 4.74 Å². The van der Waals surface area contributed by atoms with Crippen molar-refractivity contribution in [2.75, 3.05) is 13.7 Å². The van der Waals surface area contributed by atoms with Crippen LogP contribution in [0.1, 0.15) is 12.8 Å². The van der Waals surface area contributed by atoms with Gasteiger partial charge in [0.2, 0.25) is 0 Å². The summed E-state index contributed by atoms with van der Waals surface area (Å²) in [6.45, 7) is -0.666. The van der Waals surface area contributed by atoms with Gasteiger partial charge in [0, 0.05) is 7.11 Å². The lowest BCUT2D eigenvalue weighted by molar-refractivity contribution is -0.281. The van der Waals surface area contributed by atoms with Crippen LogP contribution >= 0.6 is 0 Å². The molecule has 0 spiro atoms. The predicted molar refractivity (Wildman–Crippen MR) is 35.6 cm³/mol. The van der Waals surface area contributed by atoms with Crippen LogP contribution in [0.2, 0.25) is 0 Å². The fourth-order valence-corrected chi connectivity index (χ4v) is 1.21. The topological polar surface area (TPSA) is 29.5 Å². The third-order valence-electron chi connectivity index (χ3n) is 2.11. The van der Waals surface area contributed by atoms with Gasteiger partial charge < -0.3 is 9.84 Å². The second-order valence-electron chi connectivity index (χ2n) is 3.13. The summed E-state index contributed by atoms with van der Waals surface area (Å²) in [4.78, 5) is 0. The average Bonchev–Trinajstić information content (AvgIpc) is 2.65. The smallest absolute Gasteiger partial charge is 0.381 e. The monoisotopic (exact) mass is 184 g/mol. The second kappa shape index (κ2) is 2.88. The van der Waals surface area contributed by atoms with Crippen molar-refractivity contribution >= 4 is 0 Å². The van der Waals surface area contributed by atoms with Crippen molar-refractivity contribution in [3.63, 3.8) is 0 Å². The summed E-state index contributed by atoms with van der Waals surface area (Å²) in [7, 11) is 1.15. The van der Waals surface area contributed by atoms with Gasteiger partial charge in [0.05, 0.1) is 6.61 Å². The number of hydrogen-bond donors (Lipinski definition) is 1. The maximum absolute atomic E-state index is 12.3. The largest absolute Gasteiger partial charge is 0.419 e. The van der Waals surface area contributed by atoms with Crippen molar-refractivity contribution in [1.82, 2.24) is 0 Å². The standard InChI is InChI=1S/C7H11F3O2/c1-12-4-6(11,5-2-3-5)7(8,9)10/h5,11H,2-4H2,1H3. The minimum Gasteiger partial charge on any atom is -0.381 e. The van der Waals surface area contributed by atoms with Crippen LogP contribution in [0.4, 0.5) is 13.2 Å². The van der Waals surface area contributed by atoms with Crippen molar-refractivity contribution in [3.05, 3.63) is 0 Å². The van der Waals surface area contributed by atoms with E-state index in [0.717, 1.165) is 7.11 Å². The summed E-state index contributed by atoms with van der Waals surface area (Å²) in [6.07, 6.45) is -3.72. The van der Waals surface area contributed by atoms with E-state index < -0.39 is 24.3 Å². The van der Waals surface area contributed by atoms with Crippen LogP contribution in [0.5, 0.6) is 0 Å². The molecule has 1 unspecified atom stereocenters. The van der Waals surface area contributed by atoms with Gasteiger partial charge in [-0.25, -0.2) is 0 Å². The Hall–Kier alpha value is -0.290. The van der Waals surface area contributed by atoms with Gasteiger partial charge in [-0.1, -0.05) is 0 Å². The molecule has 1 aliphatic carbocycles. The Morgan fingerprint density at radius 3 is 2.17 bits per heavy atom. The average molecular weight is 184 g/mol. The highest BCUT2D eigenvalue weighted by Gasteiger charge is 2.61. The Balaban J connectivity index is 2.70. The molecule has 1 saturated carbocycles. The minimum atomic E-state index is -4.58. The van der Waals surface area contributed by atoms with Crippen LogP contribution in [0.25, 0.3) is 0 Å². The van der Waals surface area contributed by atoms with E-state index in [1.807, 2.05) is 0 Å². The minimum absolute atomic E-state index is 0.430. The van der Waals surface area contributed by atoms with Crippen LogP contribution < -0.4 is 0 Å². The Morgan fingerprint density at radius 1 is 1.42 bits per heavy atom. The molecule has 1 fully saturated rings. The molecule has 0 aromatic carbocycles. The van der Waals surface area contributed by atoms with Gasteiger partial charge in [0.25, 0.3) is 0 Å². The Morgan fingerprint density at radius 2 is 1.92 bits per heavy atom. The molecular formula is C7H11F3O2. The van der Waals surface area contributed by atoms with Crippen molar-refractivity contribution in [2.24, 2.45) is 5.92 Å². The molecule has 2 nitrogen and oxygen atoms in total. The summed E-state index contributed by atoms with van der Waals surface area (Å²) in [6, 6.07) is 0. The van der Waals surface area contributed by atoms with Crippen LogP contribution in [0.15, 0.2) is 0 Å². The molecule has 1 aliphatic rings. The summed E-state index contributed by atoms with van der Waals surface area (Å²) in [5.74, 6) is -0.669. The number of methoxy groups -OCH3 is 1. The van der Waals surface area contributed by atoms with Gasteiger partial charge in [0.15, 0.2) is 5.60 Å². The zero-order valence-corrected chi connectivity index (χ0v) is 6.69. The van der Waals surface area contributed by atoms with Crippen molar-refractivity contribution in [2.45, 2.75) is 24.6 Å². The van der Waals surface area contributed by atoms with Crippen molar-refractivity contribution < 1.29 is 23.0 Å². The molecule has 0 heterocycles. The lowest BCUT2D eigenvalue weighted by Crippen LogP contribution is -2.50. The number of alkyl halides is 3. The van der Waals surface area contributed by atoms with Gasteiger partial charge in [-0.3, -0.25) is 0 Å². The number of rotatable bonds is 3. The maximum atomic E-state index is 12.3. The van der Waals surface area contributed by atoms with E-state index in [0.29, 0.717) is 12.8 Å². The Labute approximate surface area is 68.3 Å². The lowest BCUT2D eigenvalue weighted by Gasteiger charge is -2.29. The summed E-state index contributed by atoms with van der Waals surface area (Å²) in [5, 5.41) is 9.24. The first-order valence-electron chi connectivity index (χ1n) is 3.70. The quantitative estimate of drug-likeness (QED) is 0.717. The normalized spacial score (nSPS) is 23.8. The van der Waals surface area contributed by atoms with Gasteiger partial charge >= 0.3 is 6.18 Å². The molecule has 0 saturated heterocycles. The number of ether oxygens (including phenoxy) is 1. The van der Waals surface area contributed by atoms with Crippen molar-refractivity contribution in [3.8, 4) is 0 Å². The molecule has 5 heteroatoms. The fraction of sp³-hybridized carbons (Fsp3) is 1.00. The Bertz CT molecular complexity index is 165. The van der Waals surface area contributed by atoms with E-state index in [9.17, 15) is 18.3 Å². The predicted octanol–water partition coefficient (Wildman–Crippen LogP) is 1.34. The van der Waals surface area contributed by atoms with Gasteiger partial charge in [-0.2, -0.15) is 13.2 Å². The molecule has 1 rings (SSSR count). The van der Waals surface area contributed by atoms with Crippen LogP contribution in [-0.4, -0.2) is 30.6 Å². The molecule has 0 radical (unpaired) electrons. The molecule has 0 amide bonds. The molecule has 12 heavy (non-hydrogen) atoms. The highest BCUT2D eigenvalue weighted by molar-refractivity contribution is 4.99. The van der Waals surface area contributed by atoms with E-state index in [2.05, 4.69) is 4.74 Å². The molecule has 0 aromatic heterocycles. The summed E-state index contributed by atoms with van der Waals surface area (Å²) in [5.41, 5.74) is -2.62. The SMILES string of the molecule is COCC(O)(C1CC1)C(F)(F)F. The highest BCUT2D eigenvalue weighted by Crippen LogP contribution is 2.48. The third-order valence-corrected chi connectivity index (χ3v) is 2.11. The number of aliphatic hydroxyl groups is 1. The van der Waals surface area contributed by atoms with E-state index >= 15 is 0 Å². The third kappa shape index (κ3) is 1.56. The van der Waals surface area contributed by atoms with E-state index in [-0.39, 0.29) is 0 Å². The molecular weight excluding hydrogens is 173 g/mol. The lowest BCUT2D eigenvalue weighted by atomic mass is 9.98. The van der Waals surface area contributed by atoms with Crippen LogP contribution in [0.3, 0.4) is 0 Å². The van der Waals surface area contributed by atoms with Gasteiger partial charge in [0.1, 0.15) is 0 Å². The number of hydrogen-bond acceptors (Lipinski definition) is 2. The van der Waals surface area contributed by atoms with E-state index in [1.165, 1.54) is 0 Å². The molecule has 72 valence electrons. The highest BCUT2D eigenvalue weighted by atomic mass is 19.4. The second-order valence-corrected chi connectivity index (χ2v) is 3.13. The molecule has 0 aromatic rings. The van der Waals surface area contributed by atoms with Crippen LogP contribution in [0, 0.1) is 5.92 Å². The Kier molecular flexibility index (Phi) is 2.35. The summed E-state index contributed by atoms with van der Waals surface area (Å²) >= 11 is 0. The van der Waals surface area contributed by atoms with Gasteiger partial charge in [-0.15, -0.1) is 0 Å². The molecule has 0 bridgehead atoms. The van der Waals surface area contributed by atoms with Gasteiger partial charge in [-0.05, 0) is 18.8 Å². The first-order chi connectivity index (χ1) is 5.42. The van der Waals surface area contributed by atoms with Crippen molar-refractivity contribution in [1.29, 1.82) is 0 Å². The molecule has 1 N–H and O–H groups in total. The van der Waals surface area contributed by atoms with E-state index in [1.54, 1.807) is 0 Å². The van der Waals surface area contributed by atoms with E-state index in [4.69, 9.17) is 0 Å². The fourth-order valence-electron chi connectivity index (χ4n) is 1.21. The maximum Gasteiger partial charge on any atom is 0.419 e. The molecule has 0 aliphatic heterocycles. The first kappa shape index (κ1) is 9.80. The summed E-state index contributed by atoms with van der Waals surface area (Å²) < 4.78 is 41.1. The number of halogens is 3. The zero-order chi connectivity index (χ0) is 9.41. The molecule has 1 atom stereocenters. The zero-order valence-electron chi connectivity index (χ0n) is 6.69. The first-order valence-corrected chi connectivity index (χ1v) is 3.70.